The molecule has 0 amide bonds. The molecule has 0 unspecified atom stereocenters. The lowest BCUT2D eigenvalue weighted by molar-refractivity contribution is 0.438. The van der Waals surface area contributed by atoms with Crippen LogP contribution in [0.5, 0.6) is 0 Å². The van der Waals surface area contributed by atoms with Crippen molar-refractivity contribution in [2.45, 2.75) is 38.0 Å². The lowest BCUT2D eigenvalue weighted by atomic mass is 9.85. The maximum Gasteiger partial charge on any atom is 0.257 e. The predicted octanol–water partition coefficient (Wildman–Crippen LogP) is 2.49. The van der Waals surface area contributed by atoms with Crippen LogP contribution >= 0.6 is 12.2 Å². The van der Waals surface area contributed by atoms with Gasteiger partial charge in [-0.3, -0.25) is 9.36 Å². The van der Waals surface area contributed by atoms with Gasteiger partial charge in [-0.2, -0.15) is 0 Å². The fourth-order valence-electron chi connectivity index (χ4n) is 2.29. The quantitative estimate of drug-likeness (QED) is 0.744. The second-order valence-electron chi connectivity index (χ2n) is 4.25. The summed E-state index contributed by atoms with van der Waals surface area (Å²) >= 11 is 5.01. The van der Waals surface area contributed by atoms with E-state index in [1.165, 1.54) is 23.8 Å². The molecule has 82 valence electrons. The molecule has 1 aromatic rings. The molecule has 4 heteroatoms. The molecule has 1 aromatic heterocycles. The van der Waals surface area contributed by atoms with Crippen LogP contribution in [0.3, 0.4) is 0 Å². The number of hydrogen-bond acceptors (Lipinski definition) is 2. The Morgan fingerprint density at radius 2 is 2.07 bits per heavy atom. The standard InChI is InChI=1S/C11H16N2OS/c1-13-10(14)9(7-12-11(13)15)8-5-3-2-4-6-8/h7-8H,2-6H2,1H3,(H,12,15). The van der Waals surface area contributed by atoms with Crippen molar-refractivity contribution in [1.82, 2.24) is 9.55 Å². The third-order valence-electron chi connectivity index (χ3n) is 3.25. The van der Waals surface area contributed by atoms with Crippen molar-refractivity contribution >= 4 is 12.2 Å². The zero-order chi connectivity index (χ0) is 10.8. The second kappa shape index (κ2) is 4.31. The van der Waals surface area contributed by atoms with Crippen LogP contribution in [-0.2, 0) is 7.05 Å². The minimum absolute atomic E-state index is 0.0747. The van der Waals surface area contributed by atoms with Crippen molar-refractivity contribution in [1.29, 1.82) is 0 Å². The number of nitrogens with one attached hydrogen (secondary N) is 1. The van der Waals surface area contributed by atoms with Crippen molar-refractivity contribution < 1.29 is 0 Å². The molecule has 1 N–H and O–H groups in total. The fourth-order valence-corrected chi connectivity index (χ4v) is 2.43. The number of H-pyrrole nitrogens is 1. The minimum atomic E-state index is 0.0747. The van der Waals surface area contributed by atoms with Crippen LogP contribution in [0, 0.1) is 4.77 Å². The van der Waals surface area contributed by atoms with E-state index >= 15 is 0 Å². The van der Waals surface area contributed by atoms with Crippen LogP contribution in [0.4, 0.5) is 0 Å². The van der Waals surface area contributed by atoms with Gasteiger partial charge in [0.2, 0.25) is 0 Å². The highest BCUT2D eigenvalue weighted by molar-refractivity contribution is 7.71. The number of aromatic amines is 1. The molecular weight excluding hydrogens is 208 g/mol. The van der Waals surface area contributed by atoms with Crippen molar-refractivity contribution in [3.8, 4) is 0 Å². The van der Waals surface area contributed by atoms with Gasteiger partial charge in [0.05, 0.1) is 0 Å². The van der Waals surface area contributed by atoms with Crippen LogP contribution in [-0.4, -0.2) is 9.55 Å². The summed E-state index contributed by atoms with van der Waals surface area (Å²) in [7, 11) is 1.73. The Hall–Kier alpha value is -0.900. The monoisotopic (exact) mass is 224 g/mol. The fraction of sp³-hybridized carbons (Fsp3) is 0.636. The summed E-state index contributed by atoms with van der Waals surface area (Å²) in [5.74, 6) is 0.435. The summed E-state index contributed by atoms with van der Waals surface area (Å²) in [5, 5.41) is 0. The van der Waals surface area contributed by atoms with Crippen LogP contribution in [0.2, 0.25) is 0 Å². The largest absolute Gasteiger partial charge is 0.338 e. The van der Waals surface area contributed by atoms with Crippen LogP contribution in [0.15, 0.2) is 11.0 Å². The van der Waals surface area contributed by atoms with Gasteiger partial charge < -0.3 is 4.98 Å². The highest BCUT2D eigenvalue weighted by Gasteiger charge is 2.18. The molecule has 15 heavy (non-hydrogen) atoms. The van der Waals surface area contributed by atoms with Gasteiger partial charge in [0.1, 0.15) is 0 Å². The first-order chi connectivity index (χ1) is 7.20. The van der Waals surface area contributed by atoms with E-state index < -0.39 is 0 Å². The van der Waals surface area contributed by atoms with Crippen molar-refractivity contribution in [3.05, 3.63) is 26.9 Å². The average Bonchev–Trinajstić information content (AvgIpc) is 2.27. The Kier molecular flexibility index (Phi) is 3.05. The summed E-state index contributed by atoms with van der Waals surface area (Å²) in [6.07, 6.45) is 7.87. The predicted molar refractivity (Wildman–Crippen MR) is 62.7 cm³/mol. The first kappa shape index (κ1) is 10.6. The molecule has 0 aliphatic heterocycles. The topological polar surface area (TPSA) is 37.8 Å². The highest BCUT2D eigenvalue weighted by atomic mass is 32.1. The summed E-state index contributed by atoms with van der Waals surface area (Å²) in [5.41, 5.74) is 0.983. The third kappa shape index (κ3) is 2.04. The first-order valence-electron chi connectivity index (χ1n) is 5.49. The van der Waals surface area contributed by atoms with Crippen LogP contribution in [0.25, 0.3) is 0 Å². The van der Waals surface area contributed by atoms with E-state index in [0.717, 1.165) is 18.4 Å². The van der Waals surface area contributed by atoms with E-state index in [0.29, 0.717) is 10.7 Å². The van der Waals surface area contributed by atoms with E-state index in [1.807, 2.05) is 0 Å². The molecule has 1 fully saturated rings. The van der Waals surface area contributed by atoms with Gasteiger partial charge in [-0.25, -0.2) is 0 Å². The molecule has 0 saturated heterocycles. The van der Waals surface area contributed by atoms with E-state index in [2.05, 4.69) is 4.98 Å². The summed E-state index contributed by atoms with van der Waals surface area (Å²) in [4.78, 5) is 14.9. The van der Waals surface area contributed by atoms with E-state index in [4.69, 9.17) is 12.2 Å². The van der Waals surface area contributed by atoms with E-state index in [-0.39, 0.29) is 5.56 Å². The lowest BCUT2D eigenvalue weighted by Gasteiger charge is -2.21. The Morgan fingerprint density at radius 3 is 2.73 bits per heavy atom. The molecule has 1 saturated carbocycles. The molecule has 2 rings (SSSR count). The zero-order valence-electron chi connectivity index (χ0n) is 8.95. The Balaban J connectivity index is 2.40. The van der Waals surface area contributed by atoms with E-state index in [9.17, 15) is 4.79 Å². The highest BCUT2D eigenvalue weighted by Crippen LogP contribution is 2.30. The molecule has 0 atom stereocenters. The Morgan fingerprint density at radius 1 is 1.40 bits per heavy atom. The number of rotatable bonds is 1. The van der Waals surface area contributed by atoms with Gasteiger partial charge in [0.15, 0.2) is 4.77 Å². The number of nitrogens with zero attached hydrogens (tertiary/aromatic N) is 1. The molecule has 1 heterocycles. The summed E-state index contributed by atoms with van der Waals surface area (Å²) < 4.78 is 2.03. The normalized spacial score (nSPS) is 17.9. The molecule has 0 radical (unpaired) electrons. The number of hydrogen-bond donors (Lipinski definition) is 1. The molecular formula is C11H16N2OS. The summed E-state index contributed by atoms with van der Waals surface area (Å²) in [6.45, 7) is 0. The maximum absolute atomic E-state index is 12.0. The smallest absolute Gasteiger partial charge is 0.257 e. The SMILES string of the molecule is Cn1c(=S)[nH]cc(C2CCCCC2)c1=O. The van der Waals surface area contributed by atoms with Gasteiger partial charge in [-0.1, -0.05) is 19.3 Å². The van der Waals surface area contributed by atoms with Gasteiger partial charge in [0, 0.05) is 18.8 Å². The van der Waals surface area contributed by atoms with Gasteiger partial charge >= 0.3 is 0 Å². The molecule has 3 nitrogen and oxygen atoms in total. The molecule has 1 aliphatic rings. The van der Waals surface area contributed by atoms with E-state index in [1.54, 1.807) is 13.2 Å². The second-order valence-corrected chi connectivity index (χ2v) is 4.63. The van der Waals surface area contributed by atoms with Crippen molar-refractivity contribution in [2.75, 3.05) is 0 Å². The molecule has 0 bridgehead atoms. The first-order valence-corrected chi connectivity index (χ1v) is 5.89. The minimum Gasteiger partial charge on any atom is -0.338 e. The van der Waals surface area contributed by atoms with Crippen LogP contribution < -0.4 is 5.56 Å². The Bertz CT molecular complexity index is 454. The van der Waals surface area contributed by atoms with Gasteiger partial charge in [-0.05, 0) is 31.0 Å². The van der Waals surface area contributed by atoms with Crippen molar-refractivity contribution in [3.63, 3.8) is 0 Å². The Labute approximate surface area is 94.1 Å². The van der Waals surface area contributed by atoms with Gasteiger partial charge in [0.25, 0.3) is 5.56 Å². The molecule has 0 aromatic carbocycles. The third-order valence-corrected chi connectivity index (χ3v) is 3.64. The van der Waals surface area contributed by atoms with Crippen LogP contribution in [0.1, 0.15) is 43.6 Å². The van der Waals surface area contributed by atoms with Gasteiger partial charge in [-0.15, -0.1) is 0 Å². The lowest BCUT2D eigenvalue weighted by Crippen LogP contribution is -2.25. The summed E-state index contributed by atoms with van der Waals surface area (Å²) in [6, 6.07) is 0. The zero-order valence-corrected chi connectivity index (χ0v) is 9.77. The molecule has 0 spiro atoms. The molecule has 1 aliphatic carbocycles. The van der Waals surface area contributed by atoms with Crippen molar-refractivity contribution in [2.24, 2.45) is 7.05 Å². The number of aromatic nitrogens is 2. The average molecular weight is 224 g/mol. The maximum atomic E-state index is 12.0.